The molecule has 0 amide bonds. The SMILES string of the molecule is O=Cc1cccn(-c2ccccc2)c1=S. The van der Waals surface area contributed by atoms with Crippen molar-refractivity contribution in [3.05, 3.63) is 58.9 Å². The van der Waals surface area contributed by atoms with Crippen molar-refractivity contribution >= 4 is 18.5 Å². The van der Waals surface area contributed by atoms with Crippen molar-refractivity contribution in [1.82, 2.24) is 4.57 Å². The molecule has 1 aromatic heterocycles. The minimum Gasteiger partial charge on any atom is -0.307 e. The van der Waals surface area contributed by atoms with Crippen molar-refractivity contribution in [2.75, 3.05) is 0 Å². The van der Waals surface area contributed by atoms with Crippen LogP contribution < -0.4 is 0 Å². The highest BCUT2D eigenvalue weighted by Crippen LogP contribution is 2.10. The van der Waals surface area contributed by atoms with E-state index in [0.717, 1.165) is 12.0 Å². The van der Waals surface area contributed by atoms with Crippen LogP contribution in [0.15, 0.2) is 48.7 Å². The third-order valence-corrected chi connectivity index (χ3v) is 2.57. The fraction of sp³-hybridized carbons (Fsp3) is 0. The molecule has 2 rings (SSSR count). The fourth-order valence-corrected chi connectivity index (χ4v) is 1.67. The molecule has 0 atom stereocenters. The number of aldehydes is 1. The molecule has 1 heterocycles. The van der Waals surface area contributed by atoms with E-state index in [0.29, 0.717) is 10.2 Å². The summed E-state index contributed by atoms with van der Waals surface area (Å²) < 4.78 is 2.36. The fourth-order valence-electron chi connectivity index (χ4n) is 1.39. The van der Waals surface area contributed by atoms with Crippen molar-refractivity contribution < 1.29 is 4.79 Å². The van der Waals surface area contributed by atoms with Crippen LogP contribution in [0.3, 0.4) is 0 Å². The minimum absolute atomic E-state index is 0.538. The lowest BCUT2D eigenvalue weighted by Gasteiger charge is -2.06. The van der Waals surface area contributed by atoms with Crippen molar-refractivity contribution in [1.29, 1.82) is 0 Å². The van der Waals surface area contributed by atoms with Crippen LogP contribution in [-0.4, -0.2) is 10.9 Å². The Morgan fingerprint density at radius 2 is 1.80 bits per heavy atom. The van der Waals surface area contributed by atoms with Crippen LogP contribution in [0, 0.1) is 4.64 Å². The Labute approximate surface area is 92.8 Å². The van der Waals surface area contributed by atoms with Crippen LogP contribution in [0.5, 0.6) is 0 Å². The van der Waals surface area contributed by atoms with Gasteiger partial charge in [0.2, 0.25) is 0 Å². The molecule has 0 N–H and O–H groups in total. The Bertz CT molecular complexity index is 531. The monoisotopic (exact) mass is 215 g/mol. The van der Waals surface area contributed by atoms with Crippen molar-refractivity contribution in [3.8, 4) is 5.69 Å². The third kappa shape index (κ3) is 1.87. The first-order valence-electron chi connectivity index (χ1n) is 4.55. The highest BCUT2D eigenvalue weighted by molar-refractivity contribution is 7.71. The largest absolute Gasteiger partial charge is 0.307 e. The summed E-state index contributed by atoms with van der Waals surface area (Å²) in [6.45, 7) is 0. The normalized spacial score (nSPS) is 9.87. The second-order valence-electron chi connectivity index (χ2n) is 3.09. The Hall–Kier alpha value is -1.74. The maximum Gasteiger partial charge on any atom is 0.153 e. The van der Waals surface area contributed by atoms with E-state index in [-0.39, 0.29) is 0 Å². The Morgan fingerprint density at radius 3 is 2.47 bits per heavy atom. The number of hydrogen-bond acceptors (Lipinski definition) is 2. The van der Waals surface area contributed by atoms with Crippen LogP contribution in [0.2, 0.25) is 0 Å². The number of pyridine rings is 1. The maximum atomic E-state index is 10.7. The summed E-state index contributed by atoms with van der Waals surface area (Å²) >= 11 is 5.20. The van der Waals surface area contributed by atoms with E-state index in [4.69, 9.17) is 12.2 Å². The van der Waals surface area contributed by atoms with Crippen LogP contribution in [-0.2, 0) is 0 Å². The molecule has 0 radical (unpaired) electrons. The summed E-state index contributed by atoms with van der Waals surface area (Å²) in [4.78, 5) is 10.7. The van der Waals surface area contributed by atoms with E-state index in [2.05, 4.69) is 0 Å². The molecule has 0 aliphatic heterocycles. The van der Waals surface area contributed by atoms with Crippen molar-refractivity contribution in [3.63, 3.8) is 0 Å². The molecule has 0 saturated heterocycles. The van der Waals surface area contributed by atoms with Crippen molar-refractivity contribution in [2.24, 2.45) is 0 Å². The molecule has 0 bridgehead atoms. The first-order valence-corrected chi connectivity index (χ1v) is 4.96. The minimum atomic E-state index is 0.538. The van der Waals surface area contributed by atoms with Gasteiger partial charge in [0.05, 0.1) is 0 Å². The molecule has 0 aliphatic rings. The highest BCUT2D eigenvalue weighted by atomic mass is 32.1. The van der Waals surface area contributed by atoms with Gasteiger partial charge in [0, 0.05) is 17.4 Å². The van der Waals surface area contributed by atoms with Gasteiger partial charge in [-0.05, 0) is 24.3 Å². The maximum absolute atomic E-state index is 10.7. The lowest BCUT2D eigenvalue weighted by atomic mass is 10.2. The van der Waals surface area contributed by atoms with Gasteiger partial charge < -0.3 is 4.57 Å². The summed E-state index contributed by atoms with van der Waals surface area (Å²) in [6.07, 6.45) is 2.63. The van der Waals surface area contributed by atoms with E-state index >= 15 is 0 Å². The molecule has 0 spiro atoms. The molecule has 1 aromatic carbocycles. The molecule has 2 aromatic rings. The molecular formula is C12H9NOS. The quantitative estimate of drug-likeness (QED) is 0.567. The molecule has 15 heavy (non-hydrogen) atoms. The van der Waals surface area contributed by atoms with E-state index < -0.39 is 0 Å². The van der Waals surface area contributed by atoms with Gasteiger partial charge in [0.15, 0.2) is 6.29 Å². The summed E-state index contributed by atoms with van der Waals surface area (Å²) in [5.74, 6) is 0. The Morgan fingerprint density at radius 1 is 1.07 bits per heavy atom. The zero-order chi connectivity index (χ0) is 10.7. The lowest BCUT2D eigenvalue weighted by molar-refractivity contribution is 0.112. The van der Waals surface area contributed by atoms with E-state index in [1.165, 1.54) is 0 Å². The van der Waals surface area contributed by atoms with Gasteiger partial charge in [0.1, 0.15) is 4.64 Å². The lowest BCUT2D eigenvalue weighted by Crippen LogP contribution is -1.98. The molecular weight excluding hydrogens is 206 g/mol. The number of aromatic nitrogens is 1. The number of rotatable bonds is 2. The summed E-state index contributed by atoms with van der Waals surface area (Å²) in [7, 11) is 0. The van der Waals surface area contributed by atoms with E-state index in [9.17, 15) is 4.79 Å². The van der Waals surface area contributed by atoms with Gasteiger partial charge in [-0.2, -0.15) is 0 Å². The number of para-hydroxylation sites is 1. The average Bonchev–Trinajstić information content (AvgIpc) is 2.30. The van der Waals surface area contributed by atoms with Crippen LogP contribution in [0.4, 0.5) is 0 Å². The molecule has 0 aliphatic carbocycles. The van der Waals surface area contributed by atoms with Crippen LogP contribution >= 0.6 is 12.2 Å². The Kier molecular flexibility index (Phi) is 2.74. The molecule has 0 saturated carbocycles. The van der Waals surface area contributed by atoms with E-state index in [1.54, 1.807) is 6.07 Å². The predicted molar refractivity (Wildman–Crippen MR) is 62.0 cm³/mol. The second-order valence-corrected chi connectivity index (χ2v) is 3.48. The number of carbonyl (C=O) groups is 1. The average molecular weight is 215 g/mol. The third-order valence-electron chi connectivity index (χ3n) is 2.14. The summed E-state index contributed by atoms with van der Waals surface area (Å²) in [6, 6.07) is 13.2. The topological polar surface area (TPSA) is 22.0 Å². The standard InChI is InChI=1S/C12H9NOS/c14-9-10-5-4-8-13(12(10)15)11-6-2-1-3-7-11/h1-9H. The highest BCUT2D eigenvalue weighted by Gasteiger charge is 1.99. The number of hydrogen-bond donors (Lipinski definition) is 0. The van der Waals surface area contributed by atoms with Gasteiger partial charge in [-0.15, -0.1) is 0 Å². The molecule has 74 valence electrons. The number of carbonyl (C=O) groups excluding carboxylic acids is 1. The molecule has 2 nitrogen and oxygen atoms in total. The number of nitrogens with zero attached hydrogens (tertiary/aromatic N) is 1. The zero-order valence-corrected chi connectivity index (χ0v) is 8.78. The smallest absolute Gasteiger partial charge is 0.153 e. The summed E-state index contributed by atoms with van der Waals surface area (Å²) in [5.41, 5.74) is 1.50. The summed E-state index contributed by atoms with van der Waals surface area (Å²) in [5, 5.41) is 0. The van der Waals surface area contributed by atoms with E-state index in [1.807, 2.05) is 47.2 Å². The van der Waals surface area contributed by atoms with Gasteiger partial charge in [-0.25, -0.2) is 0 Å². The van der Waals surface area contributed by atoms with Gasteiger partial charge in [-0.3, -0.25) is 4.79 Å². The molecule has 0 fully saturated rings. The zero-order valence-electron chi connectivity index (χ0n) is 7.96. The molecule has 0 unspecified atom stereocenters. The Balaban J connectivity index is 2.65. The van der Waals surface area contributed by atoms with Crippen LogP contribution in [0.1, 0.15) is 10.4 Å². The van der Waals surface area contributed by atoms with Gasteiger partial charge in [0.25, 0.3) is 0 Å². The number of benzene rings is 1. The molecule has 3 heteroatoms. The van der Waals surface area contributed by atoms with Crippen LogP contribution in [0.25, 0.3) is 5.69 Å². The van der Waals surface area contributed by atoms with Crippen molar-refractivity contribution in [2.45, 2.75) is 0 Å². The predicted octanol–water partition coefficient (Wildman–Crippen LogP) is 3.02. The van der Waals surface area contributed by atoms with Gasteiger partial charge in [-0.1, -0.05) is 30.4 Å². The second kappa shape index (κ2) is 4.19. The first-order chi connectivity index (χ1) is 7.33. The van der Waals surface area contributed by atoms with Gasteiger partial charge >= 0.3 is 0 Å². The first kappa shape index (κ1) is 9.80.